The summed E-state index contributed by atoms with van der Waals surface area (Å²) in [6.45, 7) is 1.61. The van der Waals surface area contributed by atoms with Crippen LogP contribution in [0.2, 0.25) is 0 Å². The molecule has 0 saturated carbocycles. The molecule has 0 aliphatic rings. The Hall–Kier alpha value is -2.64. The van der Waals surface area contributed by atoms with Gasteiger partial charge in [0.1, 0.15) is 11.5 Å². The molecule has 23 heavy (non-hydrogen) atoms. The van der Waals surface area contributed by atoms with Gasteiger partial charge in [0.25, 0.3) is 5.95 Å². The Bertz CT molecular complexity index is 709. The van der Waals surface area contributed by atoms with E-state index in [0.717, 1.165) is 5.56 Å². The predicted molar refractivity (Wildman–Crippen MR) is 89.7 cm³/mol. The van der Waals surface area contributed by atoms with E-state index in [1.165, 1.54) is 0 Å². The highest BCUT2D eigenvalue weighted by Gasteiger charge is 2.11. The molecule has 2 amide bonds. The van der Waals surface area contributed by atoms with Gasteiger partial charge in [0.05, 0.1) is 6.04 Å². The molecule has 6 nitrogen and oxygen atoms in total. The lowest BCUT2D eigenvalue weighted by Gasteiger charge is -2.16. The van der Waals surface area contributed by atoms with Crippen LogP contribution in [0.15, 0.2) is 46.9 Å². The molecule has 2 rings (SSSR count). The molecule has 0 fully saturated rings. The Balaban J connectivity index is 1.99. The third-order valence-corrected chi connectivity index (χ3v) is 3.26. The number of primary amides is 1. The number of ether oxygens (including phenoxy) is 1. The number of hydrogen-bond acceptors (Lipinski definition) is 5. The van der Waals surface area contributed by atoms with Crippen LogP contribution in [0, 0.1) is 0 Å². The molecule has 0 aliphatic heterocycles. The van der Waals surface area contributed by atoms with Crippen LogP contribution < -0.4 is 10.5 Å². The monoisotopic (exact) mass is 332 g/mol. The van der Waals surface area contributed by atoms with E-state index in [2.05, 4.69) is 0 Å². The molecular formula is C16H16N2O4S. The topological polar surface area (TPSA) is 88.9 Å². The first-order chi connectivity index (χ1) is 11.0. The zero-order chi connectivity index (χ0) is 16.8. The van der Waals surface area contributed by atoms with Crippen molar-refractivity contribution >= 4 is 29.7 Å². The van der Waals surface area contributed by atoms with Crippen LogP contribution in [0.3, 0.4) is 0 Å². The summed E-state index contributed by atoms with van der Waals surface area (Å²) in [5, 5.41) is 11.4. The molecule has 120 valence electrons. The number of nitrogens with two attached hydrogens (primary N) is 1. The predicted octanol–water partition coefficient (Wildman–Crippen LogP) is 3.59. The van der Waals surface area contributed by atoms with Gasteiger partial charge in [-0.25, -0.2) is 4.79 Å². The second kappa shape index (κ2) is 7.57. The Kier molecular flexibility index (Phi) is 5.51. The van der Waals surface area contributed by atoms with Crippen molar-refractivity contribution in [2.24, 2.45) is 5.73 Å². The van der Waals surface area contributed by atoms with E-state index in [-0.39, 0.29) is 0 Å². The van der Waals surface area contributed by atoms with Crippen molar-refractivity contribution in [2.75, 3.05) is 0 Å². The summed E-state index contributed by atoms with van der Waals surface area (Å²) in [4.78, 5) is 10.8. The van der Waals surface area contributed by atoms with Crippen LogP contribution in [-0.2, 0) is 0 Å². The van der Waals surface area contributed by atoms with Crippen molar-refractivity contribution in [2.45, 2.75) is 13.0 Å². The molecule has 3 N–H and O–H groups in total. The molecule has 0 aliphatic carbocycles. The molecule has 1 unspecified atom stereocenters. The van der Waals surface area contributed by atoms with E-state index in [1.807, 2.05) is 12.1 Å². The minimum absolute atomic E-state index is 0.322. The Morgan fingerprint density at radius 1 is 1.35 bits per heavy atom. The summed E-state index contributed by atoms with van der Waals surface area (Å²) < 4.78 is 11.0. The van der Waals surface area contributed by atoms with Gasteiger partial charge in [-0.2, -0.15) is 5.06 Å². The normalized spacial score (nSPS) is 12.1. The van der Waals surface area contributed by atoms with E-state index >= 15 is 0 Å². The third-order valence-electron chi connectivity index (χ3n) is 2.99. The lowest BCUT2D eigenvalue weighted by atomic mass is 10.2. The molecular weight excluding hydrogens is 316 g/mol. The van der Waals surface area contributed by atoms with Crippen LogP contribution in [0.25, 0.3) is 6.08 Å². The maximum absolute atomic E-state index is 10.8. The fourth-order valence-electron chi connectivity index (χ4n) is 1.73. The third kappa shape index (κ3) is 4.67. The number of hydrogen-bond donors (Lipinski definition) is 2. The number of carbonyl (C=O) groups is 1. The molecule has 1 aromatic heterocycles. The lowest BCUT2D eigenvalue weighted by Crippen LogP contribution is -2.38. The summed E-state index contributed by atoms with van der Waals surface area (Å²) in [6.07, 6.45) is 3.18. The van der Waals surface area contributed by atoms with Crippen LogP contribution in [-0.4, -0.2) is 27.7 Å². The first-order valence-corrected chi connectivity index (χ1v) is 7.25. The van der Waals surface area contributed by atoms with E-state index in [4.69, 9.17) is 27.1 Å². The number of hydroxylamine groups is 2. The lowest BCUT2D eigenvalue weighted by molar-refractivity contribution is -0.0560. The Morgan fingerprint density at radius 3 is 2.65 bits per heavy atom. The number of nitrogens with zero attached hydrogens (tertiary/aromatic N) is 1. The summed E-state index contributed by atoms with van der Waals surface area (Å²) in [6, 6.07) is 9.12. The van der Waals surface area contributed by atoms with Crippen molar-refractivity contribution in [3.8, 4) is 11.7 Å². The minimum Gasteiger partial charge on any atom is -0.426 e. The highest BCUT2D eigenvalue weighted by Crippen LogP contribution is 2.24. The zero-order valence-corrected chi connectivity index (χ0v) is 13.2. The van der Waals surface area contributed by atoms with Crippen molar-refractivity contribution in [3.05, 3.63) is 53.8 Å². The largest absolute Gasteiger partial charge is 0.426 e. The van der Waals surface area contributed by atoms with Gasteiger partial charge in [0, 0.05) is 11.4 Å². The first kappa shape index (κ1) is 16.7. The first-order valence-electron chi connectivity index (χ1n) is 6.78. The number of furan rings is 1. The summed E-state index contributed by atoms with van der Waals surface area (Å²) >= 11 is 4.84. The molecule has 0 bridgehead atoms. The van der Waals surface area contributed by atoms with Gasteiger partial charge in [0.15, 0.2) is 0 Å². The van der Waals surface area contributed by atoms with Crippen molar-refractivity contribution in [1.82, 2.24) is 5.06 Å². The second-order valence-corrected chi connectivity index (χ2v) is 4.96. The Morgan fingerprint density at radius 2 is 2.04 bits per heavy atom. The van der Waals surface area contributed by atoms with Gasteiger partial charge in [-0.3, -0.25) is 5.21 Å². The average molecular weight is 332 g/mol. The molecule has 1 atom stereocenters. The Labute approximate surface area is 138 Å². The number of amides is 2. The summed E-state index contributed by atoms with van der Waals surface area (Å²) in [5.41, 5.74) is 5.89. The highest BCUT2D eigenvalue weighted by molar-refractivity contribution is 7.79. The molecule has 1 heterocycles. The van der Waals surface area contributed by atoms with E-state index in [0.29, 0.717) is 22.5 Å². The molecule has 7 heteroatoms. The fourth-order valence-corrected chi connectivity index (χ4v) is 1.88. The second-order valence-electron chi connectivity index (χ2n) is 4.73. The van der Waals surface area contributed by atoms with Crippen LogP contribution >= 0.6 is 12.2 Å². The zero-order valence-electron chi connectivity index (χ0n) is 12.4. The molecule has 2 aromatic rings. The van der Waals surface area contributed by atoms with Crippen molar-refractivity contribution in [1.29, 1.82) is 0 Å². The van der Waals surface area contributed by atoms with Gasteiger partial charge < -0.3 is 14.9 Å². The quantitative estimate of drug-likeness (QED) is 0.479. The van der Waals surface area contributed by atoms with Gasteiger partial charge >= 0.3 is 6.03 Å². The van der Waals surface area contributed by atoms with Gasteiger partial charge in [-0.15, -0.1) is 0 Å². The number of benzene rings is 1. The van der Waals surface area contributed by atoms with Crippen LogP contribution in [0.5, 0.6) is 11.7 Å². The van der Waals surface area contributed by atoms with Gasteiger partial charge in [-0.1, -0.05) is 30.4 Å². The van der Waals surface area contributed by atoms with Gasteiger partial charge in [-0.05, 0) is 36.8 Å². The van der Waals surface area contributed by atoms with Gasteiger partial charge in [0.2, 0.25) is 0 Å². The SMILES string of the molecule is CC(C=Cc1ccc(Oc2ccc(C=S)cc2)o1)N(O)C(N)=O. The minimum atomic E-state index is -0.926. The maximum atomic E-state index is 10.8. The summed E-state index contributed by atoms with van der Waals surface area (Å²) in [5.74, 6) is 1.46. The number of carbonyl (C=O) groups excluding carboxylic acids is 1. The highest BCUT2D eigenvalue weighted by atomic mass is 32.1. The smallest absolute Gasteiger partial charge is 0.339 e. The number of rotatable bonds is 6. The van der Waals surface area contributed by atoms with E-state index in [1.54, 1.807) is 48.7 Å². The maximum Gasteiger partial charge on any atom is 0.339 e. The van der Waals surface area contributed by atoms with Crippen LogP contribution in [0.1, 0.15) is 18.2 Å². The number of thiocarbonyl (C=S) groups is 1. The van der Waals surface area contributed by atoms with Crippen molar-refractivity contribution in [3.63, 3.8) is 0 Å². The summed E-state index contributed by atoms with van der Waals surface area (Å²) in [7, 11) is 0. The molecule has 0 radical (unpaired) electrons. The fraction of sp³-hybridized carbons (Fsp3) is 0.125. The van der Waals surface area contributed by atoms with Crippen LogP contribution in [0.4, 0.5) is 4.79 Å². The molecule has 0 spiro atoms. The molecule has 0 saturated heterocycles. The van der Waals surface area contributed by atoms with Crippen molar-refractivity contribution < 1.29 is 19.2 Å². The average Bonchev–Trinajstić information content (AvgIpc) is 3.00. The standard InChI is InChI=1S/C16H16N2O4S/c1-11(18(20)16(17)19)2-5-13-8-9-15(21-13)22-14-6-3-12(10-23)4-7-14/h2-11,20H,1H3,(H2,17,19). The molecule has 1 aromatic carbocycles. The van der Waals surface area contributed by atoms with E-state index in [9.17, 15) is 10.0 Å². The van der Waals surface area contributed by atoms with E-state index < -0.39 is 12.1 Å². The number of urea groups is 1.